The standard InChI is InChI=1S/C15H18N2O/c1-11(2)9-13-7-6-12(10-17-13)14-5-4-8-16-15(14)18-3/h4-8,10-11H,9H2,1-3H3. The molecule has 0 spiro atoms. The third-order valence-corrected chi connectivity index (χ3v) is 2.72. The van der Waals surface area contributed by atoms with Crippen LogP contribution in [-0.2, 0) is 6.42 Å². The Balaban J connectivity index is 2.28. The van der Waals surface area contributed by atoms with Crippen LogP contribution in [-0.4, -0.2) is 17.1 Å². The highest BCUT2D eigenvalue weighted by molar-refractivity contribution is 5.67. The van der Waals surface area contributed by atoms with E-state index < -0.39 is 0 Å². The van der Waals surface area contributed by atoms with Crippen molar-refractivity contribution in [3.8, 4) is 17.0 Å². The molecule has 94 valence electrons. The summed E-state index contributed by atoms with van der Waals surface area (Å²) in [5.74, 6) is 1.26. The first kappa shape index (κ1) is 12.6. The Bertz CT molecular complexity index is 506. The minimum atomic E-state index is 0.622. The van der Waals surface area contributed by atoms with Crippen LogP contribution >= 0.6 is 0 Å². The molecule has 2 heterocycles. The van der Waals surface area contributed by atoms with E-state index in [1.807, 2.05) is 18.3 Å². The van der Waals surface area contributed by atoms with E-state index in [9.17, 15) is 0 Å². The molecule has 0 bridgehead atoms. The number of ether oxygens (including phenoxy) is 1. The Labute approximate surface area is 108 Å². The molecule has 0 aliphatic heterocycles. The summed E-state index contributed by atoms with van der Waals surface area (Å²) in [6, 6.07) is 8.04. The Kier molecular flexibility index (Phi) is 3.92. The van der Waals surface area contributed by atoms with Gasteiger partial charge in [0, 0.05) is 29.2 Å². The first-order valence-electron chi connectivity index (χ1n) is 6.15. The lowest BCUT2D eigenvalue weighted by atomic mass is 10.1. The minimum absolute atomic E-state index is 0.622. The van der Waals surface area contributed by atoms with Crippen LogP contribution in [0.15, 0.2) is 36.7 Å². The zero-order valence-corrected chi connectivity index (χ0v) is 11.1. The highest BCUT2D eigenvalue weighted by Gasteiger charge is 2.07. The number of aromatic nitrogens is 2. The van der Waals surface area contributed by atoms with Gasteiger partial charge in [-0.2, -0.15) is 0 Å². The van der Waals surface area contributed by atoms with E-state index in [-0.39, 0.29) is 0 Å². The minimum Gasteiger partial charge on any atom is -0.481 e. The van der Waals surface area contributed by atoms with E-state index in [0.717, 1.165) is 23.2 Å². The van der Waals surface area contributed by atoms with Gasteiger partial charge in [-0.15, -0.1) is 0 Å². The lowest BCUT2D eigenvalue weighted by Gasteiger charge is -2.08. The lowest BCUT2D eigenvalue weighted by molar-refractivity contribution is 0.399. The summed E-state index contributed by atoms with van der Waals surface area (Å²) in [5, 5.41) is 0. The molecule has 2 aromatic heterocycles. The van der Waals surface area contributed by atoms with Crippen LogP contribution in [0.2, 0.25) is 0 Å². The van der Waals surface area contributed by atoms with Crippen molar-refractivity contribution in [2.24, 2.45) is 5.92 Å². The van der Waals surface area contributed by atoms with E-state index in [1.165, 1.54) is 0 Å². The van der Waals surface area contributed by atoms with Crippen LogP contribution in [0.25, 0.3) is 11.1 Å². The molecule has 3 nitrogen and oxygen atoms in total. The second kappa shape index (κ2) is 5.63. The van der Waals surface area contributed by atoms with E-state index in [2.05, 4.69) is 35.9 Å². The summed E-state index contributed by atoms with van der Waals surface area (Å²) in [6.45, 7) is 4.39. The van der Waals surface area contributed by atoms with Gasteiger partial charge in [0.05, 0.1) is 7.11 Å². The van der Waals surface area contributed by atoms with Gasteiger partial charge in [0.2, 0.25) is 5.88 Å². The maximum Gasteiger partial charge on any atom is 0.221 e. The van der Waals surface area contributed by atoms with Gasteiger partial charge in [-0.05, 0) is 30.5 Å². The molecule has 0 aliphatic rings. The smallest absolute Gasteiger partial charge is 0.221 e. The summed E-state index contributed by atoms with van der Waals surface area (Å²) >= 11 is 0. The molecule has 0 aromatic carbocycles. The number of methoxy groups -OCH3 is 1. The number of rotatable bonds is 4. The summed E-state index contributed by atoms with van der Waals surface area (Å²) < 4.78 is 5.26. The van der Waals surface area contributed by atoms with Gasteiger partial charge in [0.25, 0.3) is 0 Å². The Morgan fingerprint density at radius 1 is 1.17 bits per heavy atom. The maximum absolute atomic E-state index is 5.26. The first-order chi connectivity index (χ1) is 8.70. The average molecular weight is 242 g/mol. The molecule has 0 fully saturated rings. The topological polar surface area (TPSA) is 35.0 Å². The molecule has 3 heteroatoms. The van der Waals surface area contributed by atoms with Crippen LogP contribution in [0.5, 0.6) is 5.88 Å². The van der Waals surface area contributed by atoms with Gasteiger partial charge in [-0.25, -0.2) is 4.98 Å². The number of nitrogens with zero attached hydrogens (tertiary/aromatic N) is 2. The molecule has 2 aromatic rings. The summed E-state index contributed by atoms with van der Waals surface area (Å²) in [7, 11) is 1.63. The predicted octanol–water partition coefficient (Wildman–Crippen LogP) is 3.35. The molecule has 0 saturated carbocycles. The Morgan fingerprint density at radius 2 is 2.00 bits per heavy atom. The normalized spacial score (nSPS) is 10.7. The SMILES string of the molecule is COc1ncccc1-c1ccc(CC(C)C)nc1. The van der Waals surface area contributed by atoms with Gasteiger partial charge in [0.15, 0.2) is 0 Å². The van der Waals surface area contributed by atoms with E-state index in [0.29, 0.717) is 11.8 Å². The van der Waals surface area contributed by atoms with Gasteiger partial charge in [-0.1, -0.05) is 19.9 Å². The van der Waals surface area contributed by atoms with Crippen LogP contribution < -0.4 is 4.74 Å². The maximum atomic E-state index is 5.26. The quantitative estimate of drug-likeness (QED) is 0.824. The Hall–Kier alpha value is -1.90. The fraction of sp³-hybridized carbons (Fsp3) is 0.333. The molecular weight excluding hydrogens is 224 g/mol. The largest absolute Gasteiger partial charge is 0.481 e. The summed E-state index contributed by atoms with van der Waals surface area (Å²) in [4.78, 5) is 8.68. The van der Waals surface area contributed by atoms with Gasteiger partial charge < -0.3 is 4.74 Å². The van der Waals surface area contributed by atoms with E-state index in [4.69, 9.17) is 4.74 Å². The lowest BCUT2D eigenvalue weighted by Crippen LogP contribution is -1.97. The zero-order valence-electron chi connectivity index (χ0n) is 11.1. The molecule has 2 rings (SSSR count). The third-order valence-electron chi connectivity index (χ3n) is 2.72. The van der Waals surface area contributed by atoms with Crippen LogP contribution in [0.4, 0.5) is 0 Å². The molecule has 0 amide bonds. The molecule has 0 unspecified atom stereocenters. The molecule has 0 aliphatic carbocycles. The van der Waals surface area contributed by atoms with Gasteiger partial charge in [0.1, 0.15) is 0 Å². The summed E-state index contributed by atoms with van der Waals surface area (Å²) in [6.07, 6.45) is 4.62. The fourth-order valence-electron chi connectivity index (χ4n) is 1.90. The van der Waals surface area contributed by atoms with Gasteiger partial charge in [-0.3, -0.25) is 4.98 Å². The van der Waals surface area contributed by atoms with Crippen LogP contribution in [0.3, 0.4) is 0 Å². The zero-order chi connectivity index (χ0) is 13.0. The van der Waals surface area contributed by atoms with Crippen molar-refractivity contribution in [3.05, 3.63) is 42.4 Å². The monoisotopic (exact) mass is 242 g/mol. The van der Waals surface area contributed by atoms with Crippen molar-refractivity contribution in [2.75, 3.05) is 7.11 Å². The summed E-state index contributed by atoms with van der Waals surface area (Å²) in [5.41, 5.74) is 3.13. The molecule has 18 heavy (non-hydrogen) atoms. The number of hydrogen-bond donors (Lipinski definition) is 0. The average Bonchev–Trinajstić information content (AvgIpc) is 2.39. The highest BCUT2D eigenvalue weighted by atomic mass is 16.5. The van der Waals surface area contributed by atoms with Crippen molar-refractivity contribution in [1.82, 2.24) is 9.97 Å². The van der Waals surface area contributed by atoms with Crippen molar-refractivity contribution >= 4 is 0 Å². The number of hydrogen-bond acceptors (Lipinski definition) is 3. The van der Waals surface area contributed by atoms with Crippen molar-refractivity contribution in [1.29, 1.82) is 0 Å². The second-order valence-electron chi connectivity index (χ2n) is 4.70. The van der Waals surface area contributed by atoms with Crippen LogP contribution in [0.1, 0.15) is 19.5 Å². The van der Waals surface area contributed by atoms with Crippen molar-refractivity contribution in [2.45, 2.75) is 20.3 Å². The van der Waals surface area contributed by atoms with Gasteiger partial charge >= 0.3 is 0 Å². The molecule has 0 N–H and O–H groups in total. The van der Waals surface area contributed by atoms with E-state index in [1.54, 1.807) is 13.3 Å². The van der Waals surface area contributed by atoms with Crippen molar-refractivity contribution < 1.29 is 4.74 Å². The fourth-order valence-corrected chi connectivity index (χ4v) is 1.90. The molecule has 0 radical (unpaired) electrons. The van der Waals surface area contributed by atoms with Crippen LogP contribution in [0, 0.1) is 5.92 Å². The third kappa shape index (κ3) is 2.86. The van der Waals surface area contributed by atoms with E-state index >= 15 is 0 Å². The first-order valence-corrected chi connectivity index (χ1v) is 6.15. The number of pyridine rings is 2. The predicted molar refractivity (Wildman–Crippen MR) is 72.6 cm³/mol. The highest BCUT2D eigenvalue weighted by Crippen LogP contribution is 2.26. The molecule has 0 saturated heterocycles. The molecular formula is C15H18N2O. The second-order valence-corrected chi connectivity index (χ2v) is 4.70. The molecule has 0 atom stereocenters. The Morgan fingerprint density at radius 3 is 2.61 bits per heavy atom. The van der Waals surface area contributed by atoms with Crippen molar-refractivity contribution in [3.63, 3.8) is 0 Å².